The molecule has 1 aliphatic rings. The zero-order valence-electron chi connectivity index (χ0n) is 10.5. The lowest BCUT2D eigenvalue weighted by atomic mass is 10.2. The van der Waals surface area contributed by atoms with Gasteiger partial charge in [0.05, 0.1) is 17.1 Å². The Morgan fingerprint density at radius 1 is 1.11 bits per heavy atom. The maximum absolute atomic E-state index is 12.3. The van der Waals surface area contributed by atoms with E-state index in [1.165, 1.54) is 0 Å². The molecular formula is C13H16ClN3O2. The smallest absolute Gasteiger partial charge is 0.255 e. The van der Waals surface area contributed by atoms with Gasteiger partial charge in [-0.2, -0.15) is 0 Å². The van der Waals surface area contributed by atoms with Crippen molar-refractivity contribution in [1.82, 2.24) is 9.80 Å². The van der Waals surface area contributed by atoms with Gasteiger partial charge in [-0.1, -0.05) is 23.7 Å². The molecule has 19 heavy (non-hydrogen) atoms. The highest BCUT2D eigenvalue weighted by Gasteiger charge is 2.24. The van der Waals surface area contributed by atoms with E-state index in [1.807, 2.05) is 0 Å². The second-order valence-electron chi connectivity index (χ2n) is 4.36. The van der Waals surface area contributed by atoms with Crippen molar-refractivity contribution >= 4 is 23.4 Å². The van der Waals surface area contributed by atoms with E-state index in [0.717, 1.165) is 0 Å². The summed E-state index contributed by atoms with van der Waals surface area (Å²) in [6.07, 6.45) is 0. The van der Waals surface area contributed by atoms with Crippen molar-refractivity contribution in [3.63, 3.8) is 0 Å². The number of nitrogens with two attached hydrogens (primary N) is 1. The number of piperazine rings is 1. The normalized spacial score (nSPS) is 15.5. The van der Waals surface area contributed by atoms with Crippen LogP contribution in [0.4, 0.5) is 0 Å². The van der Waals surface area contributed by atoms with Gasteiger partial charge in [0.25, 0.3) is 5.91 Å². The highest BCUT2D eigenvalue weighted by molar-refractivity contribution is 6.33. The highest BCUT2D eigenvalue weighted by atomic mass is 35.5. The third-order valence-electron chi connectivity index (χ3n) is 3.20. The minimum absolute atomic E-state index is 0.0124. The average Bonchev–Trinajstić information content (AvgIpc) is 2.46. The van der Waals surface area contributed by atoms with Crippen LogP contribution in [0.2, 0.25) is 5.02 Å². The Hall–Kier alpha value is -1.59. The summed E-state index contributed by atoms with van der Waals surface area (Å²) in [5.74, 6) is -0.171. The SMILES string of the molecule is NCC(=O)N1CCN(C(=O)c2ccccc2Cl)CC1. The van der Waals surface area contributed by atoms with Crippen LogP contribution in [0.25, 0.3) is 0 Å². The van der Waals surface area contributed by atoms with E-state index in [-0.39, 0.29) is 18.4 Å². The number of rotatable bonds is 2. The molecular weight excluding hydrogens is 266 g/mol. The molecule has 1 aromatic carbocycles. The molecule has 1 heterocycles. The van der Waals surface area contributed by atoms with Gasteiger partial charge in [0, 0.05) is 26.2 Å². The molecule has 1 aromatic rings. The average molecular weight is 282 g/mol. The molecule has 2 amide bonds. The molecule has 0 bridgehead atoms. The summed E-state index contributed by atoms with van der Waals surface area (Å²) in [7, 11) is 0. The summed E-state index contributed by atoms with van der Waals surface area (Å²) >= 11 is 6.01. The summed E-state index contributed by atoms with van der Waals surface area (Å²) in [5, 5.41) is 0.452. The molecule has 0 atom stereocenters. The van der Waals surface area contributed by atoms with E-state index >= 15 is 0 Å². The van der Waals surface area contributed by atoms with Crippen molar-refractivity contribution in [2.75, 3.05) is 32.7 Å². The molecule has 0 spiro atoms. The highest BCUT2D eigenvalue weighted by Crippen LogP contribution is 2.18. The molecule has 2 rings (SSSR count). The molecule has 1 fully saturated rings. The molecule has 0 aromatic heterocycles. The van der Waals surface area contributed by atoms with E-state index in [9.17, 15) is 9.59 Å². The predicted octanol–water partition coefficient (Wildman–Crippen LogP) is 0.583. The number of benzene rings is 1. The summed E-state index contributed by atoms with van der Waals surface area (Å²) in [4.78, 5) is 27.1. The predicted molar refractivity (Wildman–Crippen MR) is 73.0 cm³/mol. The first-order valence-corrected chi connectivity index (χ1v) is 6.53. The lowest BCUT2D eigenvalue weighted by Crippen LogP contribution is -2.51. The first kappa shape index (κ1) is 13.8. The van der Waals surface area contributed by atoms with Gasteiger partial charge >= 0.3 is 0 Å². The van der Waals surface area contributed by atoms with Gasteiger partial charge in [-0.25, -0.2) is 0 Å². The van der Waals surface area contributed by atoms with Crippen molar-refractivity contribution in [3.8, 4) is 0 Å². The minimum Gasteiger partial charge on any atom is -0.338 e. The van der Waals surface area contributed by atoms with E-state index < -0.39 is 0 Å². The fraction of sp³-hybridized carbons (Fsp3) is 0.385. The Balaban J connectivity index is 2.00. The van der Waals surface area contributed by atoms with Gasteiger partial charge in [-0.05, 0) is 12.1 Å². The monoisotopic (exact) mass is 281 g/mol. The first-order valence-electron chi connectivity index (χ1n) is 6.15. The minimum atomic E-state index is -0.0922. The Morgan fingerprint density at radius 2 is 1.68 bits per heavy atom. The molecule has 5 nitrogen and oxygen atoms in total. The zero-order chi connectivity index (χ0) is 13.8. The summed E-state index contributed by atoms with van der Waals surface area (Å²) in [6.45, 7) is 2.07. The summed E-state index contributed by atoms with van der Waals surface area (Å²) < 4.78 is 0. The number of amides is 2. The first-order chi connectivity index (χ1) is 9.13. The van der Waals surface area contributed by atoms with Crippen molar-refractivity contribution in [3.05, 3.63) is 34.9 Å². The van der Waals surface area contributed by atoms with Crippen LogP contribution >= 0.6 is 11.6 Å². The van der Waals surface area contributed by atoms with Crippen molar-refractivity contribution in [2.24, 2.45) is 5.73 Å². The Labute approximate surface area is 116 Å². The maximum atomic E-state index is 12.3. The fourth-order valence-corrected chi connectivity index (χ4v) is 2.31. The number of carbonyl (C=O) groups excluding carboxylic acids is 2. The van der Waals surface area contributed by atoms with Crippen LogP contribution in [0, 0.1) is 0 Å². The van der Waals surface area contributed by atoms with E-state index in [4.69, 9.17) is 17.3 Å². The van der Waals surface area contributed by atoms with E-state index in [0.29, 0.717) is 36.8 Å². The molecule has 6 heteroatoms. The second kappa shape index (κ2) is 6.04. The van der Waals surface area contributed by atoms with Crippen LogP contribution < -0.4 is 5.73 Å². The number of hydrogen-bond donors (Lipinski definition) is 1. The molecule has 1 aliphatic heterocycles. The van der Waals surface area contributed by atoms with Crippen molar-refractivity contribution in [1.29, 1.82) is 0 Å². The van der Waals surface area contributed by atoms with Gasteiger partial charge in [-0.15, -0.1) is 0 Å². The Bertz CT molecular complexity index is 485. The fourth-order valence-electron chi connectivity index (χ4n) is 2.09. The largest absolute Gasteiger partial charge is 0.338 e. The molecule has 0 unspecified atom stereocenters. The number of hydrogen-bond acceptors (Lipinski definition) is 3. The van der Waals surface area contributed by atoms with Crippen LogP contribution in [0.15, 0.2) is 24.3 Å². The molecule has 102 valence electrons. The van der Waals surface area contributed by atoms with Crippen LogP contribution in [0.3, 0.4) is 0 Å². The third kappa shape index (κ3) is 3.05. The molecule has 0 radical (unpaired) electrons. The van der Waals surface area contributed by atoms with E-state index in [1.54, 1.807) is 34.1 Å². The van der Waals surface area contributed by atoms with Crippen LogP contribution in [-0.4, -0.2) is 54.3 Å². The quantitative estimate of drug-likeness (QED) is 0.862. The van der Waals surface area contributed by atoms with E-state index in [2.05, 4.69) is 0 Å². The number of halogens is 1. The lowest BCUT2D eigenvalue weighted by Gasteiger charge is -2.34. The van der Waals surface area contributed by atoms with Gasteiger partial charge in [0.1, 0.15) is 0 Å². The molecule has 1 saturated heterocycles. The van der Waals surface area contributed by atoms with Gasteiger partial charge in [0.15, 0.2) is 0 Å². The third-order valence-corrected chi connectivity index (χ3v) is 3.53. The molecule has 2 N–H and O–H groups in total. The number of nitrogens with zero attached hydrogens (tertiary/aromatic N) is 2. The number of carbonyl (C=O) groups is 2. The zero-order valence-corrected chi connectivity index (χ0v) is 11.3. The van der Waals surface area contributed by atoms with Gasteiger partial charge in [-0.3, -0.25) is 9.59 Å². The van der Waals surface area contributed by atoms with Gasteiger partial charge in [0.2, 0.25) is 5.91 Å². The topological polar surface area (TPSA) is 66.6 Å². The Morgan fingerprint density at radius 3 is 2.26 bits per heavy atom. The molecule has 0 aliphatic carbocycles. The van der Waals surface area contributed by atoms with Crippen LogP contribution in [-0.2, 0) is 4.79 Å². The molecule has 0 saturated carbocycles. The lowest BCUT2D eigenvalue weighted by molar-refractivity contribution is -0.131. The van der Waals surface area contributed by atoms with Crippen molar-refractivity contribution in [2.45, 2.75) is 0 Å². The standard InChI is InChI=1S/C13H16ClN3O2/c14-11-4-2-1-3-10(11)13(19)17-7-5-16(6-8-17)12(18)9-15/h1-4H,5-9,15H2. The Kier molecular flexibility index (Phi) is 4.39. The maximum Gasteiger partial charge on any atom is 0.255 e. The van der Waals surface area contributed by atoms with Crippen LogP contribution in [0.1, 0.15) is 10.4 Å². The second-order valence-corrected chi connectivity index (χ2v) is 4.76. The van der Waals surface area contributed by atoms with Crippen LogP contribution in [0.5, 0.6) is 0 Å². The van der Waals surface area contributed by atoms with Gasteiger partial charge < -0.3 is 15.5 Å². The van der Waals surface area contributed by atoms with Crippen molar-refractivity contribution < 1.29 is 9.59 Å². The summed E-state index contributed by atoms with van der Waals surface area (Å²) in [5.41, 5.74) is 5.82. The summed E-state index contributed by atoms with van der Waals surface area (Å²) in [6, 6.07) is 6.98.